The molecule has 0 bridgehead atoms. The van der Waals surface area contributed by atoms with Gasteiger partial charge in [-0.25, -0.2) is 5.01 Å². The van der Waals surface area contributed by atoms with Crippen LogP contribution in [0.25, 0.3) is 0 Å². The third-order valence-electron chi connectivity index (χ3n) is 7.25. The van der Waals surface area contributed by atoms with Gasteiger partial charge in [-0.15, -0.1) is 0 Å². The molecule has 9 heteroatoms. The van der Waals surface area contributed by atoms with Crippen molar-refractivity contribution in [3.05, 3.63) is 23.8 Å². The second-order valence-electron chi connectivity index (χ2n) is 10.1. The Kier molecular flexibility index (Phi) is 7.96. The minimum Gasteiger partial charge on any atom is -0.493 e. The molecule has 192 valence electrons. The summed E-state index contributed by atoms with van der Waals surface area (Å²) in [7, 11) is 3.23. The van der Waals surface area contributed by atoms with Gasteiger partial charge in [-0.3, -0.25) is 9.59 Å². The van der Waals surface area contributed by atoms with Crippen LogP contribution in [-0.4, -0.2) is 98.5 Å². The van der Waals surface area contributed by atoms with Gasteiger partial charge in [0.25, 0.3) is 0 Å². The number of likely N-dealkylation sites (tertiary alicyclic amines) is 1. The molecule has 2 fully saturated rings. The van der Waals surface area contributed by atoms with Crippen LogP contribution in [0.3, 0.4) is 0 Å². The zero-order chi connectivity index (χ0) is 25.0. The Balaban J connectivity index is 1.40. The average molecular weight is 487 g/mol. The molecular formula is C26H38N4O5. The van der Waals surface area contributed by atoms with Gasteiger partial charge in [-0.05, 0) is 31.0 Å². The SMILES string of the molecule is COc1ccc(C2=NN(C3CCN(CCC(=O)N4CCOCC4)CC3)C(=O)C(C)(C)C2)cc1OC. The van der Waals surface area contributed by atoms with Crippen LogP contribution in [-0.2, 0) is 14.3 Å². The Morgan fingerprint density at radius 1 is 1.09 bits per heavy atom. The van der Waals surface area contributed by atoms with Crippen LogP contribution >= 0.6 is 0 Å². The lowest BCUT2D eigenvalue weighted by molar-refractivity contribution is -0.144. The first-order chi connectivity index (χ1) is 16.8. The zero-order valence-corrected chi connectivity index (χ0v) is 21.4. The standard InChI is InChI=1S/C26H38N4O5/c1-26(2)18-21(19-5-6-22(33-3)23(17-19)34-4)27-30(25(26)32)20-7-10-28(11-8-20)12-9-24(31)29-13-15-35-16-14-29/h5-6,17,20H,7-16,18H2,1-4H3. The predicted octanol–water partition coefficient (Wildman–Crippen LogP) is 2.38. The summed E-state index contributed by atoms with van der Waals surface area (Å²) >= 11 is 0. The van der Waals surface area contributed by atoms with Crippen molar-refractivity contribution in [2.24, 2.45) is 10.5 Å². The Morgan fingerprint density at radius 3 is 2.43 bits per heavy atom. The minimum atomic E-state index is -0.536. The quantitative estimate of drug-likeness (QED) is 0.589. The number of rotatable bonds is 7. The van der Waals surface area contributed by atoms with Crippen LogP contribution in [0.4, 0.5) is 0 Å². The van der Waals surface area contributed by atoms with E-state index in [2.05, 4.69) is 4.90 Å². The summed E-state index contributed by atoms with van der Waals surface area (Å²) in [6.45, 7) is 9.07. The van der Waals surface area contributed by atoms with Gasteiger partial charge in [-0.2, -0.15) is 5.10 Å². The van der Waals surface area contributed by atoms with Gasteiger partial charge < -0.3 is 24.0 Å². The summed E-state index contributed by atoms with van der Waals surface area (Å²) in [5, 5.41) is 6.58. The number of ether oxygens (including phenoxy) is 3. The molecule has 9 nitrogen and oxygen atoms in total. The fraction of sp³-hybridized carbons (Fsp3) is 0.654. The molecule has 0 aliphatic carbocycles. The summed E-state index contributed by atoms with van der Waals surface area (Å²) in [6.07, 6.45) is 2.79. The average Bonchev–Trinajstić information content (AvgIpc) is 2.89. The molecule has 3 aliphatic heterocycles. The monoisotopic (exact) mass is 486 g/mol. The molecule has 4 rings (SSSR count). The topological polar surface area (TPSA) is 83.9 Å². The summed E-state index contributed by atoms with van der Waals surface area (Å²) in [6, 6.07) is 5.83. The number of piperidine rings is 1. The van der Waals surface area contributed by atoms with Crippen LogP contribution in [0.2, 0.25) is 0 Å². The lowest BCUT2D eigenvalue weighted by Crippen LogP contribution is -2.52. The number of nitrogens with zero attached hydrogens (tertiary/aromatic N) is 4. The number of amides is 2. The van der Waals surface area contributed by atoms with Gasteiger partial charge in [0.05, 0.1) is 44.6 Å². The summed E-state index contributed by atoms with van der Waals surface area (Å²) in [4.78, 5) is 30.0. The Hall–Kier alpha value is -2.65. The molecule has 0 aromatic heterocycles. The molecule has 1 aromatic carbocycles. The maximum Gasteiger partial charge on any atom is 0.248 e. The second-order valence-corrected chi connectivity index (χ2v) is 10.1. The van der Waals surface area contributed by atoms with Crippen LogP contribution in [0.15, 0.2) is 23.3 Å². The van der Waals surface area contributed by atoms with Crippen molar-refractivity contribution in [2.75, 3.05) is 60.2 Å². The summed E-state index contributed by atoms with van der Waals surface area (Å²) in [5.74, 6) is 1.59. The highest BCUT2D eigenvalue weighted by Gasteiger charge is 2.41. The third-order valence-corrected chi connectivity index (χ3v) is 7.25. The number of hydrogen-bond acceptors (Lipinski definition) is 7. The number of benzene rings is 1. The zero-order valence-electron chi connectivity index (χ0n) is 21.4. The first kappa shape index (κ1) is 25.4. The molecule has 0 spiro atoms. The molecule has 35 heavy (non-hydrogen) atoms. The van der Waals surface area contributed by atoms with Crippen molar-refractivity contribution in [3.8, 4) is 11.5 Å². The maximum absolute atomic E-state index is 13.3. The van der Waals surface area contributed by atoms with Crippen molar-refractivity contribution >= 4 is 17.5 Å². The van der Waals surface area contributed by atoms with Crippen molar-refractivity contribution in [3.63, 3.8) is 0 Å². The highest BCUT2D eigenvalue weighted by molar-refractivity contribution is 6.06. The second kappa shape index (κ2) is 11.0. The highest BCUT2D eigenvalue weighted by Crippen LogP contribution is 2.36. The molecule has 0 radical (unpaired) electrons. The van der Waals surface area contributed by atoms with Gasteiger partial charge in [0.15, 0.2) is 11.5 Å². The largest absolute Gasteiger partial charge is 0.493 e. The van der Waals surface area contributed by atoms with Crippen molar-refractivity contribution < 1.29 is 23.8 Å². The number of hydrazone groups is 1. The molecule has 0 N–H and O–H groups in total. The smallest absolute Gasteiger partial charge is 0.248 e. The number of carbonyl (C=O) groups is 2. The van der Waals surface area contributed by atoms with E-state index in [0.717, 1.165) is 43.8 Å². The Labute approximate surface area is 208 Å². The van der Waals surface area contributed by atoms with E-state index in [1.54, 1.807) is 19.2 Å². The fourth-order valence-electron chi connectivity index (χ4n) is 5.05. The number of morpholine rings is 1. The van der Waals surface area contributed by atoms with Gasteiger partial charge >= 0.3 is 0 Å². The Bertz CT molecular complexity index is 949. The molecule has 0 unspecified atom stereocenters. The molecule has 2 amide bonds. The maximum atomic E-state index is 13.3. The van der Waals surface area contributed by atoms with Crippen molar-refractivity contribution in [2.45, 2.75) is 45.6 Å². The molecular weight excluding hydrogens is 448 g/mol. The van der Waals surface area contributed by atoms with E-state index in [-0.39, 0.29) is 17.9 Å². The number of methoxy groups -OCH3 is 2. The number of carbonyl (C=O) groups excluding carboxylic acids is 2. The molecule has 3 heterocycles. The lowest BCUT2D eigenvalue weighted by Gasteiger charge is -2.42. The number of hydrogen-bond donors (Lipinski definition) is 0. The van der Waals surface area contributed by atoms with E-state index in [9.17, 15) is 9.59 Å². The normalized spacial score (nSPS) is 21.6. The van der Waals surface area contributed by atoms with Gasteiger partial charge in [-0.1, -0.05) is 13.8 Å². The van der Waals surface area contributed by atoms with E-state index < -0.39 is 5.41 Å². The van der Waals surface area contributed by atoms with Gasteiger partial charge in [0.2, 0.25) is 11.8 Å². The van der Waals surface area contributed by atoms with Crippen molar-refractivity contribution in [1.29, 1.82) is 0 Å². The van der Waals surface area contributed by atoms with Gasteiger partial charge in [0.1, 0.15) is 0 Å². The molecule has 0 atom stereocenters. The molecule has 0 saturated carbocycles. The van der Waals surface area contributed by atoms with E-state index in [0.29, 0.717) is 50.6 Å². The fourth-order valence-corrected chi connectivity index (χ4v) is 5.05. The van der Waals surface area contributed by atoms with Crippen LogP contribution < -0.4 is 9.47 Å². The van der Waals surface area contributed by atoms with Crippen LogP contribution in [0.5, 0.6) is 11.5 Å². The summed E-state index contributed by atoms with van der Waals surface area (Å²) in [5.41, 5.74) is 1.28. The van der Waals surface area contributed by atoms with E-state index in [1.807, 2.05) is 36.9 Å². The third kappa shape index (κ3) is 5.78. The lowest BCUT2D eigenvalue weighted by atomic mass is 9.82. The molecule has 2 saturated heterocycles. The minimum absolute atomic E-state index is 0.0587. The first-order valence-corrected chi connectivity index (χ1v) is 12.5. The van der Waals surface area contributed by atoms with Crippen LogP contribution in [0.1, 0.15) is 45.1 Å². The predicted molar refractivity (Wildman–Crippen MR) is 133 cm³/mol. The van der Waals surface area contributed by atoms with Gasteiger partial charge in [0, 0.05) is 51.1 Å². The van der Waals surface area contributed by atoms with E-state index in [4.69, 9.17) is 19.3 Å². The molecule has 3 aliphatic rings. The molecule has 1 aromatic rings. The van der Waals surface area contributed by atoms with Crippen molar-refractivity contribution in [1.82, 2.24) is 14.8 Å². The van der Waals surface area contributed by atoms with E-state index in [1.165, 1.54) is 0 Å². The first-order valence-electron chi connectivity index (χ1n) is 12.5. The summed E-state index contributed by atoms with van der Waals surface area (Å²) < 4.78 is 16.2. The highest BCUT2D eigenvalue weighted by atomic mass is 16.5. The van der Waals surface area contributed by atoms with Crippen LogP contribution in [0, 0.1) is 5.41 Å². The van der Waals surface area contributed by atoms with E-state index >= 15 is 0 Å². The Morgan fingerprint density at radius 2 is 1.77 bits per heavy atom.